The Morgan fingerprint density at radius 2 is 1.94 bits per heavy atom. The number of halogens is 1. The maximum Gasteiger partial charge on any atom is 0.191 e. The van der Waals surface area contributed by atoms with Crippen LogP contribution in [0.3, 0.4) is 0 Å². The molecule has 0 atom stereocenters. The summed E-state index contributed by atoms with van der Waals surface area (Å²) in [5.41, 5.74) is 0.325. The molecule has 0 amide bonds. The average molecular weight is 270 g/mol. The number of nitrogens with zero attached hydrogens (tertiary/aromatic N) is 1. The fraction of sp³-hybridized carbons (Fsp3) is 0.462. The maximum atomic E-state index is 8.99. The first kappa shape index (κ1) is 14.8. The summed E-state index contributed by atoms with van der Waals surface area (Å²) >= 11 is 5.90. The van der Waals surface area contributed by atoms with Gasteiger partial charge in [0.15, 0.2) is 6.29 Å². The van der Waals surface area contributed by atoms with E-state index in [0.717, 1.165) is 0 Å². The second kappa shape index (κ2) is 7.93. The zero-order chi connectivity index (χ0) is 13.4. The third kappa shape index (κ3) is 4.19. The molecule has 18 heavy (non-hydrogen) atoms. The highest BCUT2D eigenvalue weighted by atomic mass is 35.5. The second-order valence-electron chi connectivity index (χ2n) is 3.38. The lowest BCUT2D eigenvalue weighted by Gasteiger charge is -2.18. The standard InChI is InChI=1S/C13H16ClNO3/c1-3-16-13(17-4-2)9-18-12-7-5-6-11(14)10(12)8-15/h5-7,13H,3-4,9H2,1-2H3. The maximum absolute atomic E-state index is 8.99. The van der Waals surface area contributed by atoms with Crippen LogP contribution in [0.15, 0.2) is 18.2 Å². The predicted molar refractivity (Wildman–Crippen MR) is 68.7 cm³/mol. The van der Waals surface area contributed by atoms with E-state index in [1.54, 1.807) is 18.2 Å². The minimum atomic E-state index is -0.439. The van der Waals surface area contributed by atoms with Crippen molar-refractivity contribution >= 4 is 11.6 Å². The smallest absolute Gasteiger partial charge is 0.191 e. The van der Waals surface area contributed by atoms with Crippen molar-refractivity contribution in [1.82, 2.24) is 0 Å². The molecule has 0 radical (unpaired) electrons. The molecule has 4 nitrogen and oxygen atoms in total. The van der Waals surface area contributed by atoms with Crippen LogP contribution in [0.25, 0.3) is 0 Å². The summed E-state index contributed by atoms with van der Waals surface area (Å²) in [6.45, 7) is 5.05. The van der Waals surface area contributed by atoms with Gasteiger partial charge in [0.2, 0.25) is 0 Å². The van der Waals surface area contributed by atoms with Crippen molar-refractivity contribution in [3.63, 3.8) is 0 Å². The normalized spacial score (nSPS) is 10.4. The molecular weight excluding hydrogens is 254 g/mol. The quantitative estimate of drug-likeness (QED) is 0.714. The van der Waals surface area contributed by atoms with E-state index in [-0.39, 0.29) is 6.61 Å². The summed E-state index contributed by atoms with van der Waals surface area (Å²) in [6.07, 6.45) is -0.439. The Kier molecular flexibility index (Phi) is 6.51. The molecule has 0 spiro atoms. The molecule has 0 bridgehead atoms. The van der Waals surface area contributed by atoms with E-state index >= 15 is 0 Å². The molecule has 0 aliphatic heterocycles. The third-order valence-electron chi connectivity index (χ3n) is 2.17. The number of rotatable bonds is 7. The predicted octanol–water partition coefficient (Wildman–Crippen LogP) is 2.99. The zero-order valence-corrected chi connectivity index (χ0v) is 11.2. The van der Waals surface area contributed by atoms with E-state index in [9.17, 15) is 0 Å². The van der Waals surface area contributed by atoms with Gasteiger partial charge in [0.1, 0.15) is 24.0 Å². The van der Waals surface area contributed by atoms with Gasteiger partial charge in [-0.1, -0.05) is 17.7 Å². The number of benzene rings is 1. The molecule has 5 heteroatoms. The Morgan fingerprint density at radius 3 is 2.50 bits per heavy atom. The number of ether oxygens (including phenoxy) is 3. The van der Waals surface area contributed by atoms with Crippen LogP contribution in [0.2, 0.25) is 5.02 Å². The van der Waals surface area contributed by atoms with Gasteiger partial charge in [0.25, 0.3) is 0 Å². The van der Waals surface area contributed by atoms with Crippen molar-refractivity contribution in [1.29, 1.82) is 5.26 Å². The van der Waals surface area contributed by atoms with E-state index in [2.05, 4.69) is 0 Å². The molecule has 0 N–H and O–H groups in total. The van der Waals surface area contributed by atoms with Crippen LogP contribution in [0.5, 0.6) is 5.75 Å². The van der Waals surface area contributed by atoms with Crippen molar-refractivity contribution in [2.75, 3.05) is 19.8 Å². The van der Waals surface area contributed by atoms with Crippen molar-refractivity contribution in [3.05, 3.63) is 28.8 Å². The highest BCUT2D eigenvalue weighted by Gasteiger charge is 2.12. The van der Waals surface area contributed by atoms with Crippen molar-refractivity contribution in [2.45, 2.75) is 20.1 Å². The summed E-state index contributed by atoms with van der Waals surface area (Å²) in [5.74, 6) is 0.439. The van der Waals surface area contributed by atoms with Gasteiger partial charge in [-0.05, 0) is 26.0 Å². The Bertz CT molecular complexity index is 411. The topological polar surface area (TPSA) is 51.5 Å². The average Bonchev–Trinajstić information content (AvgIpc) is 2.36. The van der Waals surface area contributed by atoms with Gasteiger partial charge in [-0.15, -0.1) is 0 Å². The molecule has 98 valence electrons. The Labute approximate surface area is 112 Å². The second-order valence-corrected chi connectivity index (χ2v) is 3.78. The first-order chi connectivity index (χ1) is 8.72. The van der Waals surface area contributed by atoms with Crippen LogP contribution in [-0.2, 0) is 9.47 Å². The summed E-state index contributed by atoms with van der Waals surface area (Å²) < 4.78 is 16.2. The van der Waals surface area contributed by atoms with Crippen LogP contribution in [0, 0.1) is 11.3 Å². The van der Waals surface area contributed by atoms with Crippen LogP contribution < -0.4 is 4.74 Å². The van der Waals surface area contributed by atoms with E-state index < -0.39 is 6.29 Å². The molecule has 0 heterocycles. The number of hydrogen-bond donors (Lipinski definition) is 0. The lowest BCUT2D eigenvalue weighted by molar-refractivity contribution is -0.152. The summed E-state index contributed by atoms with van der Waals surface area (Å²) in [7, 11) is 0. The molecule has 0 saturated carbocycles. The molecule has 0 fully saturated rings. The molecule has 1 rings (SSSR count). The molecule has 0 unspecified atom stereocenters. The first-order valence-corrected chi connectivity index (χ1v) is 6.15. The minimum Gasteiger partial charge on any atom is -0.487 e. The minimum absolute atomic E-state index is 0.219. The van der Waals surface area contributed by atoms with Crippen LogP contribution in [0.4, 0.5) is 0 Å². The SMILES string of the molecule is CCOC(COc1cccc(Cl)c1C#N)OCC. The largest absolute Gasteiger partial charge is 0.487 e. The molecule has 0 aliphatic carbocycles. The first-order valence-electron chi connectivity index (χ1n) is 5.77. The van der Waals surface area contributed by atoms with E-state index in [0.29, 0.717) is 29.5 Å². The molecule has 0 aromatic heterocycles. The van der Waals surface area contributed by atoms with E-state index in [4.69, 9.17) is 31.1 Å². The van der Waals surface area contributed by atoms with Crippen molar-refractivity contribution in [3.8, 4) is 11.8 Å². The molecule has 1 aromatic rings. The fourth-order valence-corrected chi connectivity index (χ4v) is 1.62. The monoisotopic (exact) mass is 269 g/mol. The molecule has 0 aliphatic rings. The number of hydrogen-bond acceptors (Lipinski definition) is 4. The van der Waals surface area contributed by atoms with Crippen LogP contribution in [-0.4, -0.2) is 26.1 Å². The van der Waals surface area contributed by atoms with Gasteiger partial charge in [-0.3, -0.25) is 0 Å². The van der Waals surface area contributed by atoms with Gasteiger partial charge >= 0.3 is 0 Å². The van der Waals surface area contributed by atoms with Gasteiger partial charge < -0.3 is 14.2 Å². The molecule has 0 saturated heterocycles. The summed E-state index contributed by atoms with van der Waals surface area (Å²) in [5, 5.41) is 9.37. The fourth-order valence-electron chi connectivity index (χ4n) is 1.41. The lowest BCUT2D eigenvalue weighted by atomic mass is 10.2. The lowest BCUT2D eigenvalue weighted by Crippen LogP contribution is -2.25. The van der Waals surface area contributed by atoms with Crippen molar-refractivity contribution in [2.24, 2.45) is 0 Å². The van der Waals surface area contributed by atoms with Gasteiger partial charge in [-0.2, -0.15) is 5.26 Å². The van der Waals surface area contributed by atoms with Gasteiger partial charge in [0.05, 0.1) is 5.02 Å². The molecule has 1 aromatic carbocycles. The van der Waals surface area contributed by atoms with Gasteiger partial charge in [-0.25, -0.2) is 0 Å². The zero-order valence-electron chi connectivity index (χ0n) is 10.5. The highest BCUT2D eigenvalue weighted by Crippen LogP contribution is 2.25. The van der Waals surface area contributed by atoms with Crippen LogP contribution >= 0.6 is 11.6 Å². The Balaban J connectivity index is 2.67. The Morgan fingerprint density at radius 1 is 1.28 bits per heavy atom. The van der Waals surface area contributed by atoms with Crippen molar-refractivity contribution < 1.29 is 14.2 Å². The Hall–Kier alpha value is -1.28. The van der Waals surface area contributed by atoms with Gasteiger partial charge in [0, 0.05) is 13.2 Å². The summed E-state index contributed by atoms with van der Waals surface area (Å²) in [4.78, 5) is 0. The third-order valence-corrected chi connectivity index (χ3v) is 2.48. The number of nitriles is 1. The summed E-state index contributed by atoms with van der Waals surface area (Å²) in [6, 6.07) is 7.09. The van der Waals surface area contributed by atoms with E-state index in [1.165, 1.54) is 0 Å². The highest BCUT2D eigenvalue weighted by molar-refractivity contribution is 6.31. The molecular formula is C13H16ClNO3. The van der Waals surface area contributed by atoms with Crippen LogP contribution in [0.1, 0.15) is 19.4 Å². The van der Waals surface area contributed by atoms with E-state index in [1.807, 2.05) is 19.9 Å².